The Morgan fingerprint density at radius 3 is 2.69 bits per heavy atom. The number of carbonyl (C=O) groups excluding carboxylic acids is 2. The number of carbonyl (C=O) groups is 2. The zero-order valence-corrected chi connectivity index (χ0v) is 8.86. The van der Waals surface area contributed by atoms with E-state index in [1.165, 1.54) is 0 Å². The molecular formula is C10H12N4O2. The molecule has 2 rings (SSSR count). The van der Waals surface area contributed by atoms with Crippen molar-refractivity contribution in [2.75, 3.05) is 5.32 Å². The lowest BCUT2D eigenvalue weighted by molar-refractivity contribution is -0.133. The molecule has 1 aromatic heterocycles. The van der Waals surface area contributed by atoms with Gasteiger partial charge in [-0.25, -0.2) is 9.97 Å². The smallest absolute Gasteiger partial charge is 0.249 e. The van der Waals surface area contributed by atoms with Crippen molar-refractivity contribution in [3.05, 3.63) is 18.0 Å². The van der Waals surface area contributed by atoms with Crippen molar-refractivity contribution in [2.24, 2.45) is 0 Å². The number of hydrogen-bond acceptors (Lipinski definition) is 5. The van der Waals surface area contributed by atoms with Gasteiger partial charge < -0.3 is 5.32 Å². The highest BCUT2D eigenvalue weighted by Crippen LogP contribution is 2.09. The molecule has 2 N–H and O–H groups in total. The first-order valence-corrected chi connectivity index (χ1v) is 5.04. The quantitative estimate of drug-likeness (QED) is 0.685. The Balaban J connectivity index is 2.02. The van der Waals surface area contributed by atoms with Gasteiger partial charge in [-0.3, -0.25) is 14.9 Å². The number of aryl methyl sites for hydroxylation is 1. The van der Waals surface area contributed by atoms with Crippen molar-refractivity contribution in [2.45, 2.75) is 25.8 Å². The fourth-order valence-corrected chi connectivity index (χ4v) is 1.45. The van der Waals surface area contributed by atoms with Crippen molar-refractivity contribution < 1.29 is 9.59 Å². The van der Waals surface area contributed by atoms with Gasteiger partial charge in [0, 0.05) is 18.8 Å². The molecule has 1 unspecified atom stereocenters. The maximum atomic E-state index is 11.4. The van der Waals surface area contributed by atoms with Gasteiger partial charge in [-0.05, 0) is 18.9 Å². The molecular weight excluding hydrogens is 208 g/mol. The first-order valence-electron chi connectivity index (χ1n) is 5.04. The predicted octanol–water partition coefficient (Wildman–Crippen LogP) is 0.00212. The fourth-order valence-electron chi connectivity index (χ4n) is 1.45. The lowest BCUT2D eigenvalue weighted by Gasteiger charge is -2.21. The Bertz CT molecular complexity index is 415. The predicted molar refractivity (Wildman–Crippen MR) is 56.6 cm³/mol. The Morgan fingerprint density at radius 1 is 1.38 bits per heavy atom. The first kappa shape index (κ1) is 10.5. The van der Waals surface area contributed by atoms with E-state index in [4.69, 9.17) is 0 Å². The molecule has 2 amide bonds. The van der Waals surface area contributed by atoms with Gasteiger partial charge in [-0.2, -0.15) is 0 Å². The van der Waals surface area contributed by atoms with Crippen LogP contribution >= 0.6 is 0 Å². The number of nitrogens with one attached hydrogen (secondary N) is 2. The maximum absolute atomic E-state index is 11.4. The summed E-state index contributed by atoms with van der Waals surface area (Å²) >= 11 is 0. The zero-order valence-electron chi connectivity index (χ0n) is 8.86. The number of imide groups is 1. The van der Waals surface area contributed by atoms with Gasteiger partial charge in [0.2, 0.25) is 17.8 Å². The second-order valence-electron chi connectivity index (χ2n) is 3.73. The van der Waals surface area contributed by atoms with Crippen LogP contribution in [-0.4, -0.2) is 27.8 Å². The van der Waals surface area contributed by atoms with Gasteiger partial charge in [0.1, 0.15) is 6.04 Å². The van der Waals surface area contributed by atoms with Crippen molar-refractivity contribution in [1.82, 2.24) is 15.3 Å². The van der Waals surface area contributed by atoms with Crippen molar-refractivity contribution in [1.29, 1.82) is 0 Å². The molecule has 0 bridgehead atoms. The molecule has 0 spiro atoms. The third kappa shape index (κ3) is 2.33. The number of piperidine rings is 1. The van der Waals surface area contributed by atoms with E-state index in [0.29, 0.717) is 18.8 Å². The van der Waals surface area contributed by atoms with Crippen LogP contribution in [0, 0.1) is 6.92 Å². The van der Waals surface area contributed by atoms with E-state index in [0.717, 1.165) is 5.56 Å². The van der Waals surface area contributed by atoms with E-state index < -0.39 is 6.04 Å². The number of rotatable bonds is 2. The summed E-state index contributed by atoms with van der Waals surface area (Å²) in [6.45, 7) is 1.88. The third-order valence-corrected chi connectivity index (χ3v) is 2.32. The molecule has 0 saturated carbocycles. The molecule has 0 radical (unpaired) electrons. The summed E-state index contributed by atoms with van der Waals surface area (Å²) in [4.78, 5) is 30.4. The number of nitrogens with zero attached hydrogens (tertiary/aromatic N) is 2. The van der Waals surface area contributed by atoms with Gasteiger partial charge in [0.25, 0.3) is 0 Å². The minimum absolute atomic E-state index is 0.229. The van der Waals surface area contributed by atoms with Gasteiger partial charge in [-0.1, -0.05) is 0 Å². The lowest BCUT2D eigenvalue weighted by Crippen LogP contribution is -2.47. The third-order valence-electron chi connectivity index (χ3n) is 2.32. The summed E-state index contributed by atoms with van der Waals surface area (Å²) < 4.78 is 0. The molecule has 16 heavy (non-hydrogen) atoms. The minimum atomic E-state index is -0.430. The maximum Gasteiger partial charge on any atom is 0.249 e. The van der Waals surface area contributed by atoms with Crippen LogP contribution in [0.3, 0.4) is 0 Å². The van der Waals surface area contributed by atoms with Crippen LogP contribution in [0.1, 0.15) is 18.4 Å². The SMILES string of the molecule is Cc1cnc(NC2CCC(=O)NC2=O)nc1. The van der Waals surface area contributed by atoms with E-state index in [2.05, 4.69) is 20.6 Å². The van der Waals surface area contributed by atoms with Crippen molar-refractivity contribution >= 4 is 17.8 Å². The molecule has 1 aromatic rings. The van der Waals surface area contributed by atoms with Crippen LogP contribution in [0.2, 0.25) is 0 Å². The summed E-state index contributed by atoms with van der Waals surface area (Å²) in [5.41, 5.74) is 0.953. The molecule has 0 aliphatic carbocycles. The second-order valence-corrected chi connectivity index (χ2v) is 3.73. The van der Waals surface area contributed by atoms with E-state index in [-0.39, 0.29) is 11.8 Å². The normalized spacial score (nSPS) is 20.4. The van der Waals surface area contributed by atoms with Gasteiger partial charge in [0.05, 0.1) is 0 Å². The van der Waals surface area contributed by atoms with Gasteiger partial charge in [-0.15, -0.1) is 0 Å². The van der Waals surface area contributed by atoms with Crippen LogP contribution in [-0.2, 0) is 9.59 Å². The van der Waals surface area contributed by atoms with Crippen molar-refractivity contribution in [3.63, 3.8) is 0 Å². The van der Waals surface area contributed by atoms with E-state index in [9.17, 15) is 9.59 Å². The monoisotopic (exact) mass is 220 g/mol. The molecule has 1 fully saturated rings. The Kier molecular flexibility index (Phi) is 2.80. The average Bonchev–Trinajstić information content (AvgIpc) is 2.25. The molecule has 6 nitrogen and oxygen atoms in total. The van der Waals surface area contributed by atoms with E-state index >= 15 is 0 Å². The topological polar surface area (TPSA) is 84.0 Å². The van der Waals surface area contributed by atoms with Crippen LogP contribution in [0.25, 0.3) is 0 Å². The number of amides is 2. The highest BCUT2D eigenvalue weighted by atomic mass is 16.2. The van der Waals surface area contributed by atoms with Crippen molar-refractivity contribution in [3.8, 4) is 0 Å². The molecule has 84 valence electrons. The average molecular weight is 220 g/mol. The number of hydrogen-bond donors (Lipinski definition) is 2. The fraction of sp³-hybridized carbons (Fsp3) is 0.400. The van der Waals surface area contributed by atoms with Gasteiger partial charge >= 0.3 is 0 Å². The largest absolute Gasteiger partial charge is 0.342 e. The molecule has 0 aromatic carbocycles. The number of anilines is 1. The zero-order chi connectivity index (χ0) is 11.5. The number of aromatic nitrogens is 2. The molecule has 1 aliphatic rings. The van der Waals surface area contributed by atoms with Crippen LogP contribution in [0.15, 0.2) is 12.4 Å². The van der Waals surface area contributed by atoms with E-state index in [1.807, 2.05) is 6.92 Å². The standard InChI is InChI=1S/C10H12N4O2/c1-6-4-11-10(12-5-6)13-7-2-3-8(15)14-9(7)16/h4-5,7H,2-3H2,1H3,(H,11,12,13)(H,14,15,16). The highest BCUT2D eigenvalue weighted by molar-refractivity contribution is 6.01. The molecule has 1 saturated heterocycles. The summed E-state index contributed by atoms with van der Waals surface area (Å²) in [5.74, 6) is -0.145. The lowest BCUT2D eigenvalue weighted by atomic mass is 10.1. The van der Waals surface area contributed by atoms with Crippen LogP contribution in [0.4, 0.5) is 5.95 Å². The minimum Gasteiger partial charge on any atom is -0.342 e. The summed E-state index contributed by atoms with van der Waals surface area (Å²) in [6, 6.07) is -0.430. The molecule has 1 atom stereocenters. The summed E-state index contributed by atoms with van der Waals surface area (Å²) in [5, 5.41) is 5.16. The Hall–Kier alpha value is -1.98. The van der Waals surface area contributed by atoms with Crippen LogP contribution < -0.4 is 10.6 Å². The van der Waals surface area contributed by atoms with E-state index in [1.54, 1.807) is 12.4 Å². The van der Waals surface area contributed by atoms with Gasteiger partial charge in [0.15, 0.2) is 0 Å². The summed E-state index contributed by atoms with van der Waals surface area (Å²) in [6.07, 6.45) is 4.15. The second kappa shape index (κ2) is 4.26. The first-order chi connectivity index (χ1) is 7.65. The molecule has 1 aliphatic heterocycles. The van der Waals surface area contributed by atoms with Crippen LogP contribution in [0.5, 0.6) is 0 Å². The highest BCUT2D eigenvalue weighted by Gasteiger charge is 2.26. The molecule has 6 heteroatoms. The summed E-state index contributed by atoms with van der Waals surface area (Å²) in [7, 11) is 0. The Labute approximate surface area is 92.5 Å². The molecule has 2 heterocycles. The Morgan fingerprint density at radius 2 is 2.06 bits per heavy atom.